The number of ether oxygens (including phenoxy) is 1. The van der Waals surface area contributed by atoms with Crippen molar-refractivity contribution >= 4 is 5.97 Å². The van der Waals surface area contributed by atoms with Crippen molar-refractivity contribution in [3.05, 3.63) is 53.6 Å². The molecule has 1 aliphatic carbocycles. The predicted molar refractivity (Wildman–Crippen MR) is 104 cm³/mol. The highest BCUT2D eigenvalue weighted by Gasteiger charge is 2.38. The molecule has 32 heavy (non-hydrogen) atoms. The van der Waals surface area contributed by atoms with Crippen molar-refractivity contribution in [2.45, 2.75) is 50.8 Å². The number of allylic oxidation sites excluding steroid dienone is 3. The van der Waals surface area contributed by atoms with Crippen molar-refractivity contribution in [3.8, 4) is 5.75 Å². The third-order valence-corrected chi connectivity index (χ3v) is 5.86. The summed E-state index contributed by atoms with van der Waals surface area (Å²) in [5.41, 5.74) is -0.431. The predicted octanol–water partition coefficient (Wildman–Crippen LogP) is 5.71. The number of para-hydroxylation sites is 1. The maximum Gasteiger partial charge on any atom is 0.573 e. The van der Waals surface area contributed by atoms with Crippen LogP contribution in [0.3, 0.4) is 0 Å². The zero-order valence-corrected chi connectivity index (χ0v) is 17.0. The molecule has 0 amide bonds. The molecular formula is C22H23F6NO3. The fraction of sp³-hybridized carbons (Fsp3) is 0.500. The Morgan fingerprint density at radius 2 is 1.88 bits per heavy atom. The van der Waals surface area contributed by atoms with Crippen LogP contribution in [0.4, 0.5) is 26.3 Å². The molecule has 0 spiro atoms. The number of likely N-dealkylation sites (tertiary alicyclic amines) is 1. The van der Waals surface area contributed by atoms with Crippen molar-refractivity contribution in [2.75, 3.05) is 6.54 Å². The van der Waals surface area contributed by atoms with Gasteiger partial charge in [0.1, 0.15) is 5.75 Å². The molecule has 0 saturated carbocycles. The lowest BCUT2D eigenvalue weighted by Crippen LogP contribution is -2.46. The molecular weight excluding hydrogens is 440 g/mol. The number of aliphatic carboxylic acids is 1. The Morgan fingerprint density at radius 1 is 1.16 bits per heavy atom. The molecule has 1 unspecified atom stereocenters. The van der Waals surface area contributed by atoms with Gasteiger partial charge in [-0.2, -0.15) is 13.2 Å². The number of carboxylic acid groups (broad SMARTS) is 1. The van der Waals surface area contributed by atoms with E-state index in [0.29, 0.717) is 24.9 Å². The highest BCUT2D eigenvalue weighted by Crippen LogP contribution is 2.38. The summed E-state index contributed by atoms with van der Waals surface area (Å²) in [5, 5.41) is 9.15. The molecule has 1 aliphatic heterocycles. The first-order valence-electron chi connectivity index (χ1n) is 10.2. The van der Waals surface area contributed by atoms with Crippen LogP contribution in [-0.4, -0.2) is 41.1 Å². The van der Waals surface area contributed by atoms with Crippen molar-refractivity contribution in [1.29, 1.82) is 0 Å². The first kappa shape index (κ1) is 24.2. The Labute approximate surface area is 181 Å². The first-order chi connectivity index (χ1) is 14.9. The van der Waals surface area contributed by atoms with Crippen molar-refractivity contribution in [2.24, 2.45) is 11.8 Å². The molecule has 10 heteroatoms. The second-order valence-corrected chi connectivity index (χ2v) is 8.10. The van der Waals surface area contributed by atoms with Crippen molar-refractivity contribution in [3.63, 3.8) is 0 Å². The van der Waals surface area contributed by atoms with E-state index in [1.165, 1.54) is 24.3 Å². The Bertz CT molecular complexity index is 877. The molecule has 0 radical (unpaired) electrons. The Morgan fingerprint density at radius 3 is 2.47 bits per heavy atom. The lowest BCUT2D eigenvalue weighted by Gasteiger charge is -2.43. The van der Waals surface area contributed by atoms with E-state index in [1.807, 2.05) is 4.90 Å². The first-order valence-corrected chi connectivity index (χ1v) is 10.2. The topological polar surface area (TPSA) is 49.8 Å². The van der Waals surface area contributed by atoms with E-state index < -0.39 is 24.1 Å². The molecule has 1 heterocycles. The number of nitrogens with zero attached hydrogens (tertiary/aromatic N) is 1. The van der Waals surface area contributed by atoms with Gasteiger partial charge in [0.25, 0.3) is 0 Å². The van der Waals surface area contributed by atoms with Crippen LogP contribution in [0.1, 0.15) is 31.2 Å². The number of rotatable bonds is 6. The van der Waals surface area contributed by atoms with E-state index in [4.69, 9.17) is 5.11 Å². The van der Waals surface area contributed by atoms with Crippen molar-refractivity contribution in [1.82, 2.24) is 4.90 Å². The molecule has 0 bridgehead atoms. The number of hydrogen-bond donors (Lipinski definition) is 1. The standard InChI is InChI=1S/C22H23F6NO3/c23-21(24,25)17-7-5-15(6-8-17)18-11-14(12-20(30)31)9-10-29(18)13-16-3-1-2-4-19(16)32-22(26,27)28/h1-5,7-8,14-15,18H,6,9-13H2,(H,30,31)/t14-,15?,18+/m0/s1. The Kier molecular flexibility index (Phi) is 7.22. The smallest absolute Gasteiger partial charge is 0.481 e. The van der Waals surface area contributed by atoms with E-state index in [0.717, 1.165) is 12.2 Å². The van der Waals surface area contributed by atoms with Gasteiger partial charge >= 0.3 is 18.5 Å². The third kappa shape index (κ3) is 6.51. The minimum Gasteiger partial charge on any atom is -0.481 e. The van der Waals surface area contributed by atoms with Gasteiger partial charge in [-0.15, -0.1) is 13.2 Å². The summed E-state index contributed by atoms with van der Waals surface area (Å²) in [6.45, 7) is 0.528. The van der Waals surface area contributed by atoms with E-state index in [2.05, 4.69) is 4.74 Å². The van der Waals surface area contributed by atoms with Gasteiger partial charge in [-0.05, 0) is 43.7 Å². The van der Waals surface area contributed by atoms with Crippen LogP contribution < -0.4 is 4.74 Å². The SMILES string of the molecule is O=C(O)C[C@H]1CCN(Cc2ccccc2OC(F)(F)F)[C@@H](C2C=CC(C(F)(F)F)=CC2)C1. The molecule has 0 aromatic heterocycles. The van der Waals surface area contributed by atoms with Gasteiger partial charge in [0.15, 0.2) is 0 Å². The zero-order chi connectivity index (χ0) is 23.5. The largest absolute Gasteiger partial charge is 0.573 e. The molecule has 1 aromatic carbocycles. The number of halogens is 6. The fourth-order valence-corrected chi connectivity index (χ4v) is 4.41. The van der Waals surface area contributed by atoms with Crippen LogP contribution in [0, 0.1) is 11.8 Å². The van der Waals surface area contributed by atoms with Gasteiger partial charge in [-0.1, -0.05) is 36.4 Å². The van der Waals surface area contributed by atoms with Gasteiger partial charge in [0.05, 0.1) is 5.57 Å². The molecule has 1 fully saturated rings. The third-order valence-electron chi connectivity index (χ3n) is 5.86. The fourth-order valence-electron chi connectivity index (χ4n) is 4.41. The normalized spacial score (nSPS) is 24.8. The van der Waals surface area contributed by atoms with Crippen LogP contribution >= 0.6 is 0 Å². The second-order valence-electron chi connectivity index (χ2n) is 8.10. The summed E-state index contributed by atoms with van der Waals surface area (Å²) in [4.78, 5) is 13.1. The average Bonchev–Trinajstić information content (AvgIpc) is 2.68. The molecule has 1 aromatic rings. The Hall–Kier alpha value is -2.49. The number of carbonyl (C=O) groups is 1. The Balaban J connectivity index is 1.81. The monoisotopic (exact) mass is 463 g/mol. The van der Waals surface area contributed by atoms with Gasteiger partial charge < -0.3 is 9.84 Å². The van der Waals surface area contributed by atoms with Gasteiger partial charge in [0.2, 0.25) is 0 Å². The lowest BCUT2D eigenvalue weighted by atomic mass is 9.79. The summed E-state index contributed by atoms with van der Waals surface area (Å²) < 4.78 is 81.3. The molecule has 4 nitrogen and oxygen atoms in total. The van der Waals surface area contributed by atoms with Crippen LogP contribution in [0.25, 0.3) is 0 Å². The maximum absolute atomic E-state index is 13.0. The summed E-state index contributed by atoms with van der Waals surface area (Å²) in [5.74, 6) is -1.75. The lowest BCUT2D eigenvalue weighted by molar-refractivity contribution is -0.275. The molecule has 2 aliphatic rings. The number of carboxylic acids is 1. The molecule has 3 rings (SSSR count). The summed E-state index contributed by atoms with van der Waals surface area (Å²) in [6, 6.07) is 5.43. The molecule has 176 valence electrons. The van der Waals surface area contributed by atoms with Crippen LogP contribution in [0.5, 0.6) is 5.75 Å². The molecule has 1 N–H and O–H groups in total. The summed E-state index contributed by atoms with van der Waals surface area (Å²) in [6.07, 6.45) is -4.67. The van der Waals surface area contributed by atoms with E-state index in [1.54, 1.807) is 6.07 Å². The number of alkyl halides is 6. The second kappa shape index (κ2) is 9.56. The number of hydrogen-bond acceptors (Lipinski definition) is 3. The van der Waals surface area contributed by atoms with E-state index in [9.17, 15) is 31.1 Å². The minimum absolute atomic E-state index is 0.0574. The molecule has 1 saturated heterocycles. The highest BCUT2D eigenvalue weighted by atomic mass is 19.4. The minimum atomic E-state index is -4.85. The van der Waals surface area contributed by atoms with E-state index >= 15 is 0 Å². The number of benzene rings is 1. The van der Waals surface area contributed by atoms with Crippen LogP contribution in [0.2, 0.25) is 0 Å². The average molecular weight is 463 g/mol. The quantitative estimate of drug-likeness (QED) is 0.550. The van der Waals surface area contributed by atoms with Gasteiger partial charge in [-0.3, -0.25) is 9.69 Å². The zero-order valence-electron chi connectivity index (χ0n) is 17.0. The van der Waals surface area contributed by atoms with Crippen LogP contribution in [0.15, 0.2) is 48.1 Å². The highest BCUT2D eigenvalue weighted by molar-refractivity contribution is 5.67. The van der Waals surface area contributed by atoms with Gasteiger partial charge in [-0.25, -0.2) is 0 Å². The van der Waals surface area contributed by atoms with Crippen molar-refractivity contribution < 1.29 is 41.0 Å². The van der Waals surface area contributed by atoms with E-state index in [-0.39, 0.29) is 43.0 Å². The van der Waals surface area contributed by atoms with Crippen LogP contribution in [-0.2, 0) is 11.3 Å². The van der Waals surface area contributed by atoms with Gasteiger partial charge in [0, 0.05) is 24.6 Å². The number of piperidine rings is 1. The molecule has 3 atom stereocenters. The summed E-state index contributed by atoms with van der Waals surface area (Å²) >= 11 is 0. The summed E-state index contributed by atoms with van der Waals surface area (Å²) in [7, 11) is 0. The maximum atomic E-state index is 13.0.